The number of nitrogens with two attached hydrogens (primary N) is 1. The van der Waals surface area contributed by atoms with E-state index in [-0.39, 0.29) is 6.10 Å². The number of rotatable bonds is 4. The molecule has 15 heavy (non-hydrogen) atoms. The van der Waals surface area contributed by atoms with Gasteiger partial charge in [0, 0.05) is 25.8 Å². The average molecular weight is 208 g/mol. The summed E-state index contributed by atoms with van der Waals surface area (Å²) in [6.07, 6.45) is -0.316. The lowest BCUT2D eigenvalue weighted by molar-refractivity contribution is 0.201. The zero-order valence-corrected chi connectivity index (χ0v) is 9.70. The van der Waals surface area contributed by atoms with Crippen LogP contribution in [0.2, 0.25) is 0 Å². The SMILES string of the molecule is Cc1cc(CN)ccc1N(C)CC(C)O. The fraction of sp³-hybridized carbons (Fsp3) is 0.500. The molecule has 1 aromatic rings. The first kappa shape index (κ1) is 12.0. The molecular formula is C12H20N2O. The van der Waals surface area contributed by atoms with Crippen molar-refractivity contribution in [3.05, 3.63) is 29.3 Å². The topological polar surface area (TPSA) is 49.5 Å². The largest absolute Gasteiger partial charge is 0.392 e. The monoisotopic (exact) mass is 208 g/mol. The molecule has 1 aromatic carbocycles. The van der Waals surface area contributed by atoms with Gasteiger partial charge in [0.2, 0.25) is 0 Å². The van der Waals surface area contributed by atoms with E-state index in [1.54, 1.807) is 6.92 Å². The minimum atomic E-state index is -0.316. The van der Waals surface area contributed by atoms with Crippen molar-refractivity contribution >= 4 is 5.69 Å². The van der Waals surface area contributed by atoms with E-state index in [9.17, 15) is 5.11 Å². The normalized spacial score (nSPS) is 12.6. The van der Waals surface area contributed by atoms with Crippen molar-refractivity contribution in [2.24, 2.45) is 5.73 Å². The summed E-state index contributed by atoms with van der Waals surface area (Å²) >= 11 is 0. The lowest BCUT2D eigenvalue weighted by Gasteiger charge is -2.23. The van der Waals surface area contributed by atoms with Crippen molar-refractivity contribution < 1.29 is 5.11 Å². The second-order valence-corrected chi connectivity index (χ2v) is 4.05. The third kappa shape index (κ3) is 3.22. The molecule has 0 aliphatic rings. The number of benzene rings is 1. The van der Waals surface area contributed by atoms with Crippen molar-refractivity contribution in [2.45, 2.75) is 26.5 Å². The van der Waals surface area contributed by atoms with Gasteiger partial charge in [0.1, 0.15) is 0 Å². The molecule has 1 rings (SSSR count). The van der Waals surface area contributed by atoms with E-state index in [1.807, 2.05) is 13.1 Å². The molecule has 3 nitrogen and oxygen atoms in total. The molecule has 0 aliphatic carbocycles. The summed E-state index contributed by atoms with van der Waals surface area (Å²) in [5, 5.41) is 9.31. The van der Waals surface area contributed by atoms with Gasteiger partial charge in [0.05, 0.1) is 6.10 Å². The molecule has 84 valence electrons. The quantitative estimate of drug-likeness (QED) is 0.783. The Bertz CT molecular complexity index is 323. The fourth-order valence-corrected chi connectivity index (χ4v) is 1.77. The van der Waals surface area contributed by atoms with Gasteiger partial charge in [-0.3, -0.25) is 0 Å². The second-order valence-electron chi connectivity index (χ2n) is 4.05. The van der Waals surface area contributed by atoms with Crippen LogP contribution >= 0.6 is 0 Å². The first-order chi connectivity index (χ1) is 7.04. The number of likely N-dealkylation sites (N-methyl/N-ethyl adjacent to an activating group) is 1. The Kier molecular flexibility index (Phi) is 4.12. The molecule has 0 aromatic heterocycles. The summed E-state index contributed by atoms with van der Waals surface area (Å²) < 4.78 is 0. The van der Waals surface area contributed by atoms with Crippen molar-refractivity contribution in [1.29, 1.82) is 0 Å². The Balaban J connectivity index is 2.85. The van der Waals surface area contributed by atoms with Crippen LogP contribution < -0.4 is 10.6 Å². The molecule has 0 heterocycles. The number of hydrogen-bond donors (Lipinski definition) is 2. The van der Waals surface area contributed by atoms with Crippen LogP contribution in [-0.2, 0) is 6.54 Å². The average Bonchev–Trinajstić information content (AvgIpc) is 2.16. The Labute approximate surface area is 91.5 Å². The van der Waals surface area contributed by atoms with E-state index in [0.29, 0.717) is 13.1 Å². The van der Waals surface area contributed by atoms with Gasteiger partial charge in [0.25, 0.3) is 0 Å². The molecule has 0 saturated heterocycles. The predicted molar refractivity (Wildman–Crippen MR) is 64.0 cm³/mol. The minimum Gasteiger partial charge on any atom is -0.392 e. The van der Waals surface area contributed by atoms with E-state index < -0.39 is 0 Å². The maximum absolute atomic E-state index is 9.31. The van der Waals surface area contributed by atoms with Gasteiger partial charge in [-0.1, -0.05) is 12.1 Å². The molecule has 1 atom stereocenters. The Morgan fingerprint density at radius 3 is 2.60 bits per heavy atom. The van der Waals surface area contributed by atoms with E-state index in [4.69, 9.17) is 5.73 Å². The van der Waals surface area contributed by atoms with Crippen LogP contribution in [0.25, 0.3) is 0 Å². The smallest absolute Gasteiger partial charge is 0.0686 e. The number of aryl methyl sites for hydroxylation is 1. The zero-order chi connectivity index (χ0) is 11.4. The molecule has 0 spiro atoms. The zero-order valence-electron chi connectivity index (χ0n) is 9.70. The number of aliphatic hydroxyl groups is 1. The standard InChI is InChI=1S/C12H20N2O/c1-9-6-11(7-13)4-5-12(9)14(3)8-10(2)15/h4-6,10,15H,7-8,13H2,1-3H3. The molecule has 1 unspecified atom stereocenters. The van der Waals surface area contributed by atoms with Crippen LogP contribution in [0.5, 0.6) is 0 Å². The fourth-order valence-electron chi connectivity index (χ4n) is 1.77. The molecule has 3 heteroatoms. The number of hydrogen-bond acceptors (Lipinski definition) is 3. The molecule has 0 radical (unpaired) electrons. The number of nitrogens with zero attached hydrogens (tertiary/aromatic N) is 1. The van der Waals surface area contributed by atoms with Gasteiger partial charge in [-0.05, 0) is 31.0 Å². The van der Waals surface area contributed by atoms with Gasteiger partial charge in [0.15, 0.2) is 0 Å². The third-order valence-electron chi connectivity index (χ3n) is 2.45. The summed E-state index contributed by atoms with van der Waals surface area (Å²) in [6, 6.07) is 6.18. The summed E-state index contributed by atoms with van der Waals surface area (Å²) in [5.41, 5.74) is 9.05. The maximum atomic E-state index is 9.31. The molecule has 3 N–H and O–H groups in total. The predicted octanol–water partition coefficient (Wildman–Crippen LogP) is 1.27. The van der Waals surface area contributed by atoms with Crippen LogP contribution in [0.15, 0.2) is 18.2 Å². The van der Waals surface area contributed by atoms with Gasteiger partial charge >= 0.3 is 0 Å². The van der Waals surface area contributed by atoms with Crippen molar-refractivity contribution in [2.75, 3.05) is 18.5 Å². The molecule has 0 saturated carbocycles. The summed E-state index contributed by atoms with van der Waals surface area (Å²) in [5.74, 6) is 0. The van der Waals surface area contributed by atoms with Crippen molar-refractivity contribution in [3.8, 4) is 0 Å². The maximum Gasteiger partial charge on any atom is 0.0686 e. The van der Waals surface area contributed by atoms with Crippen LogP contribution in [0.3, 0.4) is 0 Å². The van der Waals surface area contributed by atoms with Gasteiger partial charge < -0.3 is 15.7 Å². The highest BCUT2D eigenvalue weighted by Crippen LogP contribution is 2.20. The van der Waals surface area contributed by atoms with Crippen LogP contribution in [-0.4, -0.2) is 24.8 Å². The van der Waals surface area contributed by atoms with Crippen LogP contribution in [0.4, 0.5) is 5.69 Å². The van der Waals surface area contributed by atoms with E-state index in [2.05, 4.69) is 24.0 Å². The Morgan fingerprint density at radius 1 is 1.47 bits per heavy atom. The molecule has 0 bridgehead atoms. The van der Waals surface area contributed by atoms with Gasteiger partial charge in [-0.15, -0.1) is 0 Å². The lowest BCUT2D eigenvalue weighted by Crippen LogP contribution is -2.27. The van der Waals surface area contributed by atoms with Gasteiger partial charge in [-0.2, -0.15) is 0 Å². The highest BCUT2D eigenvalue weighted by atomic mass is 16.3. The number of anilines is 1. The molecule has 0 amide bonds. The minimum absolute atomic E-state index is 0.316. The van der Waals surface area contributed by atoms with Crippen molar-refractivity contribution in [1.82, 2.24) is 0 Å². The molecule has 0 aliphatic heterocycles. The van der Waals surface area contributed by atoms with Crippen LogP contribution in [0, 0.1) is 6.92 Å². The van der Waals surface area contributed by atoms with Crippen molar-refractivity contribution in [3.63, 3.8) is 0 Å². The first-order valence-electron chi connectivity index (χ1n) is 5.23. The highest BCUT2D eigenvalue weighted by Gasteiger charge is 2.07. The van der Waals surface area contributed by atoms with E-state index in [0.717, 1.165) is 11.3 Å². The second kappa shape index (κ2) is 5.14. The lowest BCUT2D eigenvalue weighted by atomic mass is 10.1. The summed E-state index contributed by atoms with van der Waals surface area (Å²) in [6.45, 7) is 5.07. The third-order valence-corrected chi connectivity index (χ3v) is 2.45. The summed E-state index contributed by atoms with van der Waals surface area (Å²) in [4.78, 5) is 2.06. The molecular weight excluding hydrogens is 188 g/mol. The van der Waals surface area contributed by atoms with Gasteiger partial charge in [-0.25, -0.2) is 0 Å². The van der Waals surface area contributed by atoms with E-state index >= 15 is 0 Å². The molecule has 0 fully saturated rings. The summed E-state index contributed by atoms with van der Waals surface area (Å²) in [7, 11) is 1.98. The highest BCUT2D eigenvalue weighted by molar-refractivity contribution is 5.53. The Morgan fingerprint density at radius 2 is 2.13 bits per heavy atom. The Hall–Kier alpha value is -1.06. The van der Waals surface area contributed by atoms with E-state index in [1.165, 1.54) is 5.56 Å². The van der Waals surface area contributed by atoms with Crippen LogP contribution in [0.1, 0.15) is 18.1 Å². The first-order valence-corrected chi connectivity index (χ1v) is 5.23. The number of aliphatic hydroxyl groups excluding tert-OH is 1.